The highest BCUT2D eigenvalue weighted by atomic mass is 35.5. The standard InChI is InChI=1S/C22H20ClN5O3S/c1-12-10-16(18-13(2)26-27(3)19(18)25-12)20(29)24-8-9-28-21(30)17(32-22(28)31)11-14-4-6-15(23)7-5-14/h4-7,10-11H,8-9H2,1-3H3,(H,24,29)/b17-11-. The van der Waals surface area contributed by atoms with E-state index in [9.17, 15) is 14.4 Å². The highest BCUT2D eigenvalue weighted by molar-refractivity contribution is 8.18. The third-order valence-electron chi connectivity index (χ3n) is 5.00. The number of rotatable bonds is 5. The number of thioether (sulfide) groups is 1. The van der Waals surface area contributed by atoms with Gasteiger partial charge in [-0.15, -0.1) is 0 Å². The Hall–Kier alpha value is -3.17. The first kappa shape index (κ1) is 22.0. The monoisotopic (exact) mass is 469 g/mol. The van der Waals surface area contributed by atoms with E-state index < -0.39 is 0 Å². The van der Waals surface area contributed by atoms with Gasteiger partial charge in [-0.1, -0.05) is 23.7 Å². The van der Waals surface area contributed by atoms with Crippen molar-refractivity contribution in [2.45, 2.75) is 13.8 Å². The fourth-order valence-corrected chi connectivity index (χ4v) is 4.52. The number of nitrogens with zero attached hydrogens (tertiary/aromatic N) is 4. The van der Waals surface area contributed by atoms with E-state index in [-0.39, 0.29) is 30.1 Å². The van der Waals surface area contributed by atoms with Crippen molar-refractivity contribution in [3.8, 4) is 0 Å². The largest absolute Gasteiger partial charge is 0.350 e. The first-order valence-electron chi connectivity index (χ1n) is 9.84. The molecule has 8 nitrogen and oxygen atoms in total. The summed E-state index contributed by atoms with van der Waals surface area (Å²) in [6.45, 7) is 3.84. The number of aromatic nitrogens is 3. The van der Waals surface area contributed by atoms with Crippen molar-refractivity contribution >= 4 is 57.5 Å². The van der Waals surface area contributed by atoms with Crippen LogP contribution in [0.15, 0.2) is 35.2 Å². The lowest BCUT2D eigenvalue weighted by Gasteiger charge is -2.13. The molecule has 0 radical (unpaired) electrons. The molecule has 4 rings (SSSR count). The number of nitrogens with one attached hydrogen (secondary N) is 1. The van der Waals surface area contributed by atoms with Crippen molar-refractivity contribution < 1.29 is 14.4 Å². The van der Waals surface area contributed by atoms with E-state index in [1.165, 1.54) is 0 Å². The van der Waals surface area contributed by atoms with E-state index >= 15 is 0 Å². The molecule has 3 heterocycles. The zero-order valence-corrected chi connectivity index (χ0v) is 19.3. The lowest BCUT2D eigenvalue weighted by Crippen LogP contribution is -2.37. The highest BCUT2D eigenvalue weighted by Gasteiger charge is 2.34. The predicted molar refractivity (Wildman–Crippen MR) is 124 cm³/mol. The number of amides is 3. The number of aryl methyl sites for hydroxylation is 3. The average Bonchev–Trinajstić information content (AvgIpc) is 3.18. The minimum atomic E-state index is -0.380. The lowest BCUT2D eigenvalue weighted by atomic mass is 10.1. The Labute approximate surface area is 193 Å². The lowest BCUT2D eigenvalue weighted by molar-refractivity contribution is -0.122. The fourth-order valence-electron chi connectivity index (χ4n) is 3.53. The third-order valence-corrected chi connectivity index (χ3v) is 6.16. The molecule has 0 bridgehead atoms. The number of carbonyl (C=O) groups is 3. The van der Waals surface area contributed by atoms with Crippen LogP contribution in [0.1, 0.15) is 27.3 Å². The number of carbonyl (C=O) groups excluding carboxylic acids is 3. The Morgan fingerprint density at radius 1 is 1.22 bits per heavy atom. The summed E-state index contributed by atoms with van der Waals surface area (Å²) >= 11 is 6.76. The van der Waals surface area contributed by atoms with Crippen LogP contribution < -0.4 is 5.32 Å². The summed E-state index contributed by atoms with van der Waals surface area (Å²) in [5, 5.41) is 8.06. The molecule has 0 unspecified atom stereocenters. The van der Waals surface area contributed by atoms with Crippen LogP contribution in [0.3, 0.4) is 0 Å². The molecule has 0 aliphatic carbocycles. The summed E-state index contributed by atoms with van der Waals surface area (Å²) < 4.78 is 1.64. The number of halogens is 1. The maximum Gasteiger partial charge on any atom is 0.293 e. The number of fused-ring (bicyclic) bond motifs is 1. The molecule has 1 aliphatic heterocycles. The van der Waals surface area contributed by atoms with Crippen molar-refractivity contribution in [1.82, 2.24) is 25.0 Å². The SMILES string of the molecule is Cc1cc(C(=O)NCCN2C(=O)S/C(=C\c3ccc(Cl)cc3)C2=O)c2c(C)nn(C)c2n1. The van der Waals surface area contributed by atoms with Crippen LogP contribution in [0.5, 0.6) is 0 Å². The van der Waals surface area contributed by atoms with Gasteiger partial charge in [0.05, 0.1) is 21.5 Å². The number of pyridine rings is 1. The van der Waals surface area contributed by atoms with E-state index in [1.54, 1.807) is 48.1 Å². The maximum atomic E-state index is 12.9. The van der Waals surface area contributed by atoms with Gasteiger partial charge in [-0.25, -0.2) is 4.98 Å². The van der Waals surface area contributed by atoms with E-state index in [4.69, 9.17) is 11.6 Å². The average molecular weight is 470 g/mol. The zero-order chi connectivity index (χ0) is 23.0. The van der Waals surface area contributed by atoms with Gasteiger partial charge in [-0.05, 0) is 55.4 Å². The first-order chi connectivity index (χ1) is 15.2. The molecule has 1 aromatic carbocycles. The Morgan fingerprint density at radius 2 is 1.94 bits per heavy atom. The number of imide groups is 1. The molecule has 10 heteroatoms. The van der Waals surface area contributed by atoms with Gasteiger partial charge in [0, 0.05) is 30.9 Å². The van der Waals surface area contributed by atoms with Crippen molar-refractivity contribution in [2.75, 3.05) is 13.1 Å². The molecule has 0 saturated carbocycles. The normalized spacial score (nSPS) is 15.2. The van der Waals surface area contributed by atoms with E-state index in [0.717, 1.165) is 22.2 Å². The first-order valence-corrected chi connectivity index (χ1v) is 11.0. The van der Waals surface area contributed by atoms with Crippen molar-refractivity contribution in [2.24, 2.45) is 7.05 Å². The summed E-state index contributed by atoms with van der Waals surface area (Å²) in [7, 11) is 1.78. The van der Waals surface area contributed by atoms with Gasteiger partial charge >= 0.3 is 0 Å². The molecule has 32 heavy (non-hydrogen) atoms. The van der Waals surface area contributed by atoms with Crippen molar-refractivity contribution in [3.05, 3.63) is 62.8 Å². The van der Waals surface area contributed by atoms with Crippen LogP contribution >= 0.6 is 23.4 Å². The van der Waals surface area contributed by atoms with Crippen LogP contribution in [-0.4, -0.2) is 49.8 Å². The van der Waals surface area contributed by atoms with Gasteiger partial charge in [0.15, 0.2) is 5.65 Å². The van der Waals surface area contributed by atoms with Crippen LogP contribution in [0.25, 0.3) is 17.1 Å². The third kappa shape index (κ3) is 4.26. The number of hydrogen-bond donors (Lipinski definition) is 1. The van der Waals surface area contributed by atoms with Gasteiger partial charge in [-0.3, -0.25) is 24.0 Å². The number of benzene rings is 1. The Bertz CT molecular complexity index is 1280. The Kier molecular flexibility index (Phi) is 6.03. The van der Waals surface area contributed by atoms with Gasteiger partial charge in [0.25, 0.3) is 17.1 Å². The molecule has 1 N–H and O–H groups in total. The van der Waals surface area contributed by atoms with Crippen LogP contribution in [0, 0.1) is 13.8 Å². The van der Waals surface area contributed by atoms with Crippen LogP contribution in [0.2, 0.25) is 5.02 Å². The molecule has 3 aromatic rings. The minimum Gasteiger partial charge on any atom is -0.350 e. The summed E-state index contributed by atoms with van der Waals surface area (Å²) in [5.74, 6) is -0.685. The van der Waals surface area contributed by atoms with Gasteiger partial charge < -0.3 is 5.32 Å². The van der Waals surface area contributed by atoms with E-state index in [0.29, 0.717) is 37.9 Å². The summed E-state index contributed by atoms with van der Waals surface area (Å²) in [6, 6.07) is 8.69. The predicted octanol–water partition coefficient (Wildman–Crippen LogP) is 3.70. The molecule has 164 valence electrons. The number of hydrogen-bond acceptors (Lipinski definition) is 6. The molecule has 1 aliphatic rings. The van der Waals surface area contributed by atoms with Crippen LogP contribution in [0.4, 0.5) is 4.79 Å². The second-order valence-corrected chi connectivity index (χ2v) is 8.79. The fraction of sp³-hybridized carbons (Fsp3) is 0.227. The van der Waals surface area contributed by atoms with E-state index in [2.05, 4.69) is 15.4 Å². The molecular formula is C22H20ClN5O3S. The zero-order valence-electron chi connectivity index (χ0n) is 17.7. The van der Waals surface area contributed by atoms with Gasteiger partial charge in [-0.2, -0.15) is 5.10 Å². The minimum absolute atomic E-state index is 0.0770. The molecule has 0 atom stereocenters. The highest BCUT2D eigenvalue weighted by Crippen LogP contribution is 2.32. The molecule has 0 spiro atoms. The molecule has 3 amide bonds. The molecule has 1 fully saturated rings. The molecule has 1 saturated heterocycles. The van der Waals surface area contributed by atoms with Gasteiger partial charge in [0.1, 0.15) is 0 Å². The summed E-state index contributed by atoms with van der Waals surface area (Å²) in [6.07, 6.45) is 1.65. The quantitative estimate of drug-likeness (QED) is 0.572. The van der Waals surface area contributed by atoms with E-state index in [1.807, 2.05) is 13.8 Å². The Morgan fingerprint density at radius 3 is 2.66 bits per heavy atom. The maximum absolute atomic E-state index is 12.9. The van der Waals surface area contributed by atoms with Gasteiger partial charge in [0.2, 0.25) is 0 Å². The summed E-state index contributed by atoms with van der Waals surface area (Å²) in [4.78, 5) is 43.8. The second-order valence-electron chi connectivity index (χ2n) is 7.36. The smallest absolute Gasteiger partial charge is 0.293 e. The molecule has 2 aromatic heterocycles. The van der Waals surface area contributed by atoms with Crippen molar-refractivity contribution in [1.29, 1.82) is 0 Å². The topological polar surface area (TPSA) is 97.2 Å². The Balaban J connectivity index is 1.44. The van der Waals surface area contributed by atoms with Crippen molar-refractivity contribution in [3.63, 3.8) is 0 Å². The second kappa shape index (κ2) is 8.76. The molecular weight excluding hydrogens is 450 g/mol. The van der Waals surface area contributed by atoms with Crippen LogP contribution in [-0.2, 0) is 11.8 Å². The summed E-state index contributed by atoms with van der Waals surface area (Å²) in [5.41, 5.74) is 3.28.